The van der Waals surface area contributed by atoms with E-state index in [1.54, 1.807) is 0 Å². The van der Waals surface area contributed by atoms with E-state index in [0.717, 1.165) is 11.3 Å². The van der Waals surface area contributed by atoms with Gasteiger partial charge in [0.05, 0.1) is 19.3 Å². The quantitative estimate of drug-likeness (QED) is 0.870. The Morgan fingerprint density at radius 3 is 2.24 bits per heavy atom. The molecule has 0 aliphatic carbocycles. The summed E-state index contributed by atoms with van der Waals surface area (Å²) in [4.78, 5) is 12.1. The lowest BCUT2D eigenvalue weighted by atomic mass is 9.94. The highest BCUT2D eigenvalue weighted by molar-refractivity contribution is 5.81. The molecule has 0 spiro atoms. The summed E-state index contributed by atoms with van der Waals surface area (Å²) in [6, 6.07) is 5.71. The Morgan fingerprint density at radius 2 is 1.71 bits per heavy atom. The van der Waals surface area contributed by atoms with Gasteiger partial charge in [-0.1, -0.05) is 26.8 Å². The molecule has 0 saturated heterocycles. The molecule has 0 heterocycles. The summed E-state index contributed by atoms with van der Waals surface area (Å²) in [5.41, 5.74) is 0.599. The Kier molecular flexibility index (Phi) is 6.06. The number of rotatable bonds is 6. The number of ether oxygens (including phenoxy) is 2. The Bertz CT molecular complexity index is 477. The molecule has 0 aliphatic rings. The van der Waals surface area contributed by atoms with Crippen LogP contribution in [0.1, 0.15) is 53.1 Å². The van der Waals surface area contributed by atoms with Crippen LogP contribution in [0.2, 0.25) is 0 Å². The summed E-state index contributed by atoms with van der Waals surface area (Å²) >= 11 is 0. The molecule has 0 unspecified atom stereocenters. The molecule has 0 saturated carbocycles. The van der Waals surface area contributed by atoms with Crippen LogP contribution in [0.15, 0.2) is 18.2 Å². The second-order valence-corrected chi connectivity index (χ2v) is 6.02. The van der Waals surface area contributed by atoms with E-state index in [1.165, 1.54) is 0 Å². The van der Waals surface area contributed by atoms with E-state index < -0.39 is 5.41 Å². The molecule has 21 heavy (non-hydrogen) atoms. The Balaban J connectivity index is 2.92. The van der Waals surface area contributed by atoms with Crippen molar-refractivity contribution in [2.24, 2.45) is 5.41 Å². The van der Waals surface area contributed by atoms with Gasteiger partial charge < -0.3 is 14.8 Å². The first kappa shape index (κ1) is 17.3. The maximum atomic E-state index is 12.1. The zero-order chi connectivity index (χ0) is 16.0. The summed E-state index contributed by atoms with van der Waals surface area (Å²) in [6.45, 7) is 12.7. The van der Waals surface area contributed by atoms with E-state index in [4.69, 9.17) is 9.47 Å². The van der Waals surface area contributed by atoms with Gasteiger partial charge in [-0.3, -0.25) is 4.79 Å². The van der Waals surface area contributed by atoms with Crippen molar-refractivity contribution < 1.29 is 14.3 Å². The summed E-state index contributed by atoms with van der Waals surface area (Å²) < 4.78 is 11.2. The Labute approximate surface area is 127 Å². The largest absolute Gasteiger partial charge is 0.490 e. The fraction of sp³-hybridized carbons (Fsp3) is 0.588. The van der Waals surface area contributed by atoms with Crippen molar-refractivity contribution in [1.29, 1.82) is 0 Å². The molecule has 4 heteroatoms. The van der Waals surface area contributed by atoms with Gasteiger partial charge in [-0.05, 0) is 38.5 Å². The molecule has 0 bridgehead atoms. The lowest BCUT2D eigenvalue weighted by Gasteiger charge is -2.23. The van der Waals surface area contributed by atoms with Gasteiger partial charge in [-0.25, -0.2) is 0 Å². The van der Waals surface area contributed by atoms with Gasteiger partial charge in [0.1, 0.15) is 0 Å². The summed E-state index contributed by atoms with van der Waals surface area (Å²) in [5.74, 6) is 1.48. The fourth-order valence-corrected chi connectivity index (χ4v) is 1.83. The lowest BCUT2D eigenvalue weighted by Crippen LogP contribution is -2.36. The van der Waals surface area contributed by atoms with Gasteiger partial charge in [-0.2, -0.15) is 0 Å². The highest BCUT2D eigenvalue weighted by atomic mass is 16.5. The van der Waals surface area contributed by atoms with Crippen LogP contribution in [0.4, 0.5) is 0 Å². The zero-order valence-corrected chi connectivity index (χ0v) is 13.9. The van der Waals surface area contributed by atoms with Crippen LogP contribution in [0.3, 0.4) is 0 Å². The van der Waals surface area contributed by atoms with Crippen LogP contribution in [0.5, 0.6) is 11.5 Å². The molecule has 118 valence electrons. The first-order valence-electron chi connectivity index (χ1n) is 7.50. The number of carbonyl (C=O) groups is 1. The highest BCUT2D eigenvalue weighted by Crippen LogP contribution is 2.31. The van der Waals surface area contributed by atoms with Crippen molar-refractivity contribution >= 4 is 5.91 Å². The van der Waals surface area contributed by atoms with Crippen molar-refractivity contribution in [3.63, 3.8) is 0 Å². The van der Waals surface area contributed by atoms with Gasteiger partial charge in [0.25, 0.3) is 0 Å². The fourth-order valence-electron chi connectivity index (χ4n) is 1.83. The molecule has 1 amide bonds. The molecule has 1 N–H and O–H groups in total. The molecule has 4 nitrogen and oxygen atoms in total. The number of hydrogen-bond acceptors (Lipinski definition) is 3. The Morgan fingerprint density at radius 1 is 1.14 bits per heavy atom. The number of hydrogen-bond donors (Lipinski definition) is 1. The van der Waals surface area contributed by atoms with E-state index in [2.05, 4.69) is 5.32 Å². The Hall–Kier alpha value is -1.71. The molecule has 1 aromatic rings. The van der Waals surface area contributed by atoms with Crippen LogP contribution in [0.25, 0.3) is 0 Å². The van der Waals surface area contributed by atoms with Crippen LogP contribution < -0.4 is 14.8 Å². The molecule has 0 aromatic heterocycles. The van der Waals surface area contributed by atoms with E-state index in [0.29, 0.717) is 19.0 Å². The standard InChI is InChI=1S/C17H27NO3/c1-7-20-14-10-9-13(11-15(14)21-8-2)12(3)18-16(19)17(4,5)6/h9-12H,7-8H2,1-6H3,(H,18,19)/t12-/m0/s1. The van der Waals surface area contributed by atoms with Crippen LogP contribution in [-0.4, -0.2) is 19.1 Å². The average molecular weight is 293 g/mol. The topological polar surface area (TPSA) is 47.6 Å². The SMILES string of the molecule is CCOc1ccc([C@H](C)NC(=O)C(C)(C)C)cc1OCC. The maximum absolute atomic E-state index is 12.1. The van der Waals surface area contributed by atoms with E-state index in [-0.39, 0.29) is 11.9 Å². The molecular formula is C17H27NO3. The summed E-state index contributed by atoms with van der Waals surface area (Å²) in [5, 5.41) is 3.02. The molecular weight excluding hydrogens is 266 g/mol. The van der Waals surface area contributed by atoms with E-state index in [1.807, 2.05) is 59.7 Å². The molecule has 0 fully saturated rings. The van der Waals surface area contributed by atoms with E-state index in [9.17, 15) is 4.79 Å². The van der Waals surface area contributed by atoms with Crippen molar-refractivity contribution in [3.05, 3.63) is 23.8 Å². The molecule has 0 radical (unpaired) electrons. The normalized spacial score (nSPS) is 12.7. The minimum absolute atomic E-state index is 0.0295. The van der Waals surface area contributed by atoms with Gasteiger partial charge >= 0.3 is 0 Å². The summed E-state index contributed by atoms with van der Waals surface area (Å²) in [7, 11) is 0. The van der Waals surface area contributed by atoms with Gasteiger partial charge in [0.2, 0.25) is 5.91 Å². The molecule has 0 aliphatic heterocycles. The molecule has 1 aromatic carbocycles. The predicted molar refractivity (Wildman–Crippen MR) is 84.8 cm³/mol. The second-order valence-electron chi connectivity index (χ2n) is 6.02. The highest BCUT2D eigenvalue weighted by Gasteiger charge is 2.23. The van der Waals surface area contributed by atoms with Crippen molar-refractivity contribution in [1.82, 2.24) is 5.32 Å². The first-order chi connectivity index (χ1) is 9.79. The van der Waals surface area contributed by atoms with Crippen LogP contribution in [-0.2, 0) is 4.79 Å². The smallest absolute Gasteiger partial charge is 0.225 e. The van der Waals surface area contributed by atoms with Crippen molar-refractivity contribution in [3.8, 4) is 11.5 Å². The van der Waals surface area contributed by atoms with Crippen LogP contribution >= 0.6 is 0 Å². The van der Waals surface area contributed by atoms with Gasteiger partial charge in [-0.15, -0.1) is 0 Å². The monoisotopic (exact) mass is 293 g/mol. The predicted octanol–water partition coefficient (Wildman–Crippen LogP) is 3.71. The number of carbonyl (C=O) groups excluding carboxylic acids is 1. The minimum Gasteiger partial charge on any atom is -0.490 e. The average Bonchev–Trinajstić information content (AvgIpc) is 2.40. The molecule has 1 rings (SSSR count). The van der Waals surface area contributed by atoms with Crippen molar-refractivity contribution in [2.45, 2.75) is 47.6 Å². The third-order valence-electron chi connectivity index (χ3n) is 3.10. The number of nitrogens with one attached hydrogen (secondary N) is 1. The maximum Gasteiger partial charge on any atom is 0.225 e. The third kappa shape index (κ3) is 4.96. The summed E-state index contributed by atoms with van der Waals surface area (Å²) in [6.07, 6.45) is 0. The number of amides is 1. The second kappa shape index (κ2) is 7.34. The number of benzene rings is 1. The lowest BCUT2D eigenvalue weighted by molar-refractivity contribution is -0.129. The minimum atomic E-state index is -0.401. The zero-order valence-electron chi connectivity index (χ0n) is 13.9. The van der Waals surface area contributed by atoms with Crippen LogP contribution in [0, 0.1) is 5.41 Å². The first-order valence-corrected chi connectivity index (χ1v) is 7.50. The third-order valence-corrected chi connectivity index (χ3v) is 3.10. The van der Waals surface area contributed by atoms with Gasteiger partial charge in [0, 0.05) is 5.41 Å². The van der Waals surface area contributed by atoms with Crippen molar-refractivity contribution in [2.75, 3.05) is 13.2 Å². The van der Waals surface area contributed by atoms with E-state index >= 15 is 0 Å². The molecule has 1 atom stereocenters. The van der Waals surface area contributed by atoms with Gasteiger partial charge in [0.15, 0.2) is 11.5 Å².